The number of nitrogens with one attached hydrogen (secondary N) is 1. The summed E-state index contributed by atoms with van der Waals surface area (Å²) in [5.74, 6) is 0.630. The van der Waals surface area contributed by atoms with Crippen LogP contribution in [0, 0.1) is 23.5 Å². The second kappa shape index (κ2) is 7.46. The maximum atomic E-state index is 14.2. The van der Waals surface area contributed by atoms with E-state index in [-0.39, 0.29) is 5.56 Å². The summed E-state index contributed by atoms with van der Waals surface area (Å²) in [5.41, 5.74) is 5.13. The van der Waals surface area contributed by atoms with Crippen molar-refractivity contribution in [3.8, 4) is 0 Å². The highest BCUT2D eigenvalue weighted by atomic mass is 19.1. The molecule has 0 saturated heterocycles. The van der Waals surface area contributed by atoms with Gasteiger partial charge in [-0.2, -0.15) is 0 Å². The highest BCUT2D eigenvalue weighted by Crippen LogP contribution is 2.51. The van der Waals surface area contributed by atoms with Crippen LogP contribution in [-0.4, -0.2) is 9.97 Å². The van der Waals surface area contributed by atoms with Gasteiger partial charge in [0.05, 0.1) is 23.7 Å². The molecule has 1 saturated carbocycles. The van der Waals surface area contributed by atoms with Crippen molar-refractivity contribution in [3.63, 3.8) is 0 Å². The molecule has 0 spiro atoms. The second-order valence-corrected chi connectivity index (χ2v) is 8.11. The summed E-state index contributed by atoms with van der Waals surface area (Å²) in [6.07, 6.45) is 9.02. The Balaban J connectivity index is 1.61. The first kappa shape index (κ1) is 18.8. The van der Waals surface area contributed by atoms with Gasteiger partial charge in [0.1, 0.15) is 5.82 Å². The van der Waals surface area contributed by atoms with Crippen LogP contribution in [0.5, 0.6) is 0 Å². The van der Waals surface area contributed by atoms with E-state index in [1.807, 2.05) is 26.1 Å². The maximum Gasteiger partial charge on any atom is 0.153 e. The Labute approximate surface area is 164 Å². The van der Waals surface area contributed by atoms with Gasteiger partial charge in [-0.05, 0) is 75.1 Å². The fourth-order valence-electron chi connectivity index (χ4n) is 4.78. The average Bonchev–Trinajstić information content (AvgIpc) is 3.21. The number of hydrogen-bond donors (Lipinski definition) is 1. The monoisotopic (exact) mass is 381 g/mol. The third-order valence-corrected chi connectivity index (χ3v) is 5.99. The Morgan fingerprint density at radius 2 is 1.82 bits per heavy atom. The summed E-state index contributed by atoms with van der Waals surface area (Å²) in [4.78, 5) is 8.10. The fraction of sp³-hybridized carbons (Fsp3) is 0.391. The van der Waals surface area contributed by atoms with Gasteiger partial charge in [0, 0.05) is 6.20 Å². The molecule has 2 aliphatic rings. The molecule has 3 nitrogen and oxygen atoms in total. The average molecular weight is 381 g/mol. The van der Waals surface area contributed by atoms with Gasteiger partial charge < -0.3 is 5.32 Å². The molecule has 2 atom stereocenters. The molecular formula is C23H25F2N3. The fourth-order valence-corrected chi connectivity index (χ4v) is 4.78. The SMILES string of the molecule is CC(C)=C(Nc1ccc(C2=C(C)CC3CCCC23)cn1)c1c(F)cncc1F. The van der Waals surface area contributed by atoms with E-state index in [0.29, 0.717) is 17.4 Å². The number of rotatable bonds is 4. The van der Waals surface area contributed by atoms with Gasteiger partial charge in [-0.25, -0.2) is 13.8 Å². The minimum Gasteiger partial charge on any atom is -0.340 e. The molecule has 28 heavy (non-hydrogen) atoms. The Bertz CT molecular complexity index is 936. The molecule has 2 heterocycles. The molecule has 2 aromatic rings. The molecule has 0 bridgehead atoms. The summed E-state index contributed by atoms with van der Waals surface area (Å²) < 4.78 is 28.4. The second-order valence-electron chi connectivity index (χ2n) is 8.11. The summed E-state index contributed by atoms with van der Waals surface area (Å²) in [5, 5.41) is 3.10. The number of allylic oxidation sites excluding steroid dienone is 3. The van der Waals surface area contributed by atoms with E-state index in [9.17, 15) is 8.78 Å². The van der Waals surface area contributed by atoms with Gasteiger partial charge in [0.25, 0.3) is 0 Å². The van der Waals surface area contributed by atoms with E-state index in [2.05, 4.69) is 28.3 Å². The summed E-state index contributed by atoms with van der Waals surface area (Å²) in [6, 6.07) is 3.95. The van der Waals surface area contributed by atoms with Crippen LogP contribution in [0.4, 0.5) is 14.6 Å². The van der Waals surface area contributed by atoms with Crippen molar-refractivity contribution < 1.29 is 8.78 Å². The van der Waals surface area contributed by atoms with Crippen LogP contribution in [0.1, 0.15) is 57.6 Å². The van der Waals surface area contributed by atoms with E-state index < -0.39 is 11.6 Å². The van der Waals surface area contributed by atoms with Crippen LogP contribution in [0.15, 0.2) is 41.9 Å². The normalized spacial score (nSPS) is 21.0. The minimum absolute atomic E-state index is 0.107. The molecule has 0 amide bonds. The zero-order chi connectivity index (χ0) is 19.8. The number of halogens is 2. The third-order valence-electron chi connectivity index (χ3n) is 5.99. The lowest BCUT2D eigenvalue weighted by Gasteiger charge is -2.17. The molecule has 2 unspecified atom stereocenters. The molecule has 0 aromatic carbocycles. The third kappa shape index (κ3) is 3.34. The summed E-state index contributed by atoms with van der Waals surface area (Å²) in [6.45, 7) is 5.85. The smallest absolute Gasteiger partial charge is 0.153 e. The van der Waals surface area contributed by atoms with Crippen molar-refractivity contribution >= 4 is 17.1 Å². The van der Waals surface area contributed by atoms with Crippen LogP contribution >= 0.6 is 0 Å². The molecule has 146 valence electrons. The Morgan fingerprint density at radius 1 is 1.07 bits per heavy atom. The number of hydrogen-bond acceptors (Lipinski definition) is 3. The van der Waals surface area contributed by atoms with Gasteiger partial charge >= 0.3 is 0 Å². The van der Waals surface area contributed by atoms with Crippen LogP contribution < -0.4 is 5.32 Å². The topological polar surface area (TPSA) is 37.8 Å². The van der Waals surface area contributed by atoms with Gasteiger partial charge in [0.15, 0.2) is 11.6 Å². The number of pyridine rings is 2. The van der Waals surface area contributed by atoms with Crippen molar-refractivity contribution in [2.75, 3.05) is 5.32 Å². The molecule has 1 N–H and O–H groups in total. The zero-order valence-corrected chi connectivity index (χ0v) is 16.5. The number of nitrogens with zero attached hydrogens (tertiary/aromatic N) is 2. The maximum absolute atomic E-state index is 14.2. The lowest BCUT2D eigenvalue weighted by Crippen LogP contribution is -2.08. The van der Waals surface area contributed by atoms with Crippen molar-refractivity contribution in [2.45, 2.75) is 46.5 Å². The summed E-state index contributed by atoms with van der Waals surface area (Å²) >= 11 is 0. The molecule has 0 radical (unpaired) electrons. The largest absolute Gasteiger partial charge is 0.340 e. The summed E-state index contributed by atoms with van der Waals surface area (Å²) in [7, 11) is 0. The van der Waals surface area contributed by atoms with Crippen molar-refractivity contribution in [1.82, 2.24) is 9.97 Å². The first-order chi connectivity index (χ1) is 13.5. The molecule has 4 rings (SSSR count). The number of anilines is 1. The van der Waals surface area contributed by atoms with Gasteiger partial charge in [0.2, 0.25) is 0 Å². The first-order valence-electron chi connectivity index (χ1n) is 9.85. The van der Waals surface area contributed by atoms with Gasteiger partial charge in [-0.1, -0.05) is 17.6 Å². The van der Waals surface area contributed by atoms with Gasteiger partial charge in [-0.15, -0.1) is 0 Å². The van der Waals surface area contributed by atoms with Crippen LogP contribution in [0.25, 0.3) is 11.3 Å². The first-order valence-corrected chi connectivity index (χ1v) is 9.85. The molecule has 5 heteroatoms. The quantitative estimate of drug-likeness (QED) is 0.684. The lowest BCUT2D eigenvalue weighted by atomic mass is 9.91. The lowest BCUT2D eigenvalue weighted by molar-refractivity contribution is 0.499. The predicted octanol–water partition coefficient (Wildman–Crippen LogP) is 6.21. The van der Waals surface area contributed by atoms with E-state index in [1.54, 1.807) is 0 Å². The highest BCUT2D eigenvalue weighted by molar-refractivity contribution is 5.79. The van der Waals surface area contributed by atoms with Crippen LogP contribution in [-0.2, 0) is 0 Å². The molecular weight excluding hydrogens is 356 g/mol. The van der Waals surface area contributed by atoms with E-state index in [0.717, 1.165) is 29.4 Å². The van der Waals surface area contributed by atoms with Crippen molar-refractivity contribution in [2.24, 2.45) is 11.8 Å². The minimum atomic E-state index is -0.695. The Kier molecular flexibility index (Phi) is 5.00. The molecule has 2 aromatic heterocycles. The molecule has 2 aliphatic carbocycles. The number of aromatic nitrogens is 2. The highest BCUT2D eigenvalue weighted by Gasteiger charge is 2.36. The molecule has 1 fully saturated rings. The van der Waals surface area contributed by atoms with Gasteiger partial charge in [-0.3, -0.25) is 4.98 Å². The Hall–Kier alpha value is -2.56. The standard InChI is InChI=1S/C23H25F2N3/c1-13(2)23(22-18(24)11-26-12-19(22)25)28-20-8-7-16(10-27-20)21-14(3)9-15-5-4-6-17(15)21/h7-8,10-12,15,17H,4-6,9H2,1-3H3,(H,27,28). The van der Waals surface area contributed by atoms with E-state index in [1.165, 1.54) is 36.8 Å². The number of fused-ring (bicyclic) bond motifs is 1. The van der Waals surface area contributed by atoms with E-state index in [4.69, 9.17) is 0 Å². The Morgan fingerprint density at radius 3 is 2.46 bits per heavy atom. The van der Waals surface area contributed by atoms with Crippen molar-refractivity contribution in [1.29, 1.82) is 0 Å². The van der Waals surface area contributed by atoms with E-state index >= 15 is 0 Å². The predicted molar refractivity (Wildman–Crippen MR) is 108 cm³/mol. The molecule has 0 aliphatic heterocycles. The van der Waals surface area contributed by atoms with Crippen LogP contribution in [0.3, 0.4) is 0 Å². The van der Waals surface area contributed by atoms with Crippen molar-refractivity contribution in [3.05, 3.63) is 64.6 Å². The zero-order valence-electron chi connectivity index (χ0n) is 16.5. The van der Waals surface area contributed by atoms with Crippen LogP contribution in [0.2, 0.25) is 0 Å².